The molecule has 6 nitrogen and oxygen atoms in total. The molecule has 0 aromatic heterocycles. The molecule has 1 aromatic rings. The number of amides is 1. The van der Waals surface area contributed by atoms with E-state index < -0.39 is 0 Å². The number of fused-ring (bicyclic) bond motifs is 1. The highest BCUT2D eigenvalue weighted by Crippen LogP contribution is 2.49. The van der Waals surface area contributed by atoms with Crippen LogP contribution in [0.4, 0.5) is 10.1 Å². The maximum atomic E-state index is 13.6. The molecule has 1 amide bonds. The Morgan fingerprint density at radius 1 is 1.45 bits per heavy atom. The second-order valence-electron chi connectivity index (χ2n) is 8.68. The Hall–Kier alpha value is -2.43. The minimum Gasteiger partial charge on any atom is -0.355 e. The van der Waals surface area contributed by atoms with Gasteiger partial charge in [0, 0.05) is 30.0 Å². The van der Waals surface area contributed by atoms with Gasteiger partial charge in [-0.15, -0.1) is 0 Å². The van der Waals surface area contributed by atoms with Gasteiger partial charge in [0.2, 0.25) is 5.91 Å². The molecule has 0 spiro atoms. The fourth-order valence-corrected chi connectivity index (χ4v) is 5.00. The summed E-state index contributed by atoms with van der Waals surface area (Å²) in [5.74, 6) is 0.203. The molecule has 1 aliphatic carbocycles. The lowest BCUT2D eigenvalue weighted by Gasteiger charge is -2.33. The van der Waals surface area contributed by atoms with Crippen molar-refractivity contribution in [2.45, 2.75) is 56.4 Å². The first-order valence-electron chi connectivity index (χ1n) is 10.2. The van der Waals surface area contributed by atoms with Crippen LogP contribution in [-0.2, 0) is 4.79 Å². The zero-order chi connectivity index (χ0) is 20.9. The van der Waals surface area contributed by atoms with Crippen molar-refractivity contribution < 1.29 is 9.18 Å². The maximum absolute atomic E-state index is 13.6. The summed E-state index contributed by atoms with van der Waals surface area (Å²) in [6.45, 7) is 6.64. The molecule has 1 aromatic carbocycles. The van der Waals surface area contributed by atoms with Crippen LogP contribution < -0.4 is 10.6 Å². The number of benzene rings is 1. The van der Waals surface area contributed by atoms with Crippen LogP contribution in [0.15, 0.2) is 36.5 Å². The molecule has 4 unspecified atom stereocenters. The van der Waals surface area contributed by atoms with Crippen molar-refractivity contribution in [2.24, 2.45) is 11.7 Å². The quantitative estimate of drug-likeness (QED) is 0.795. The van der Waals surface area contributed by atoms with Gasteiger partial charge in [0.25, 0.3) is 0 Å². The van der Waals surface area contributed by atoms with Gasteiger partial charge in [-0.2, -0.15) is 5.26 Å². The van der Waals surface area contributed by atoms with Crippen molar-refractivity contribution >= 4 is 11.6 Å². The highest BCUT2D eigenvalue weighted by molar-refractivity contribution is 6.00. The predicted molar refractivity (Wildman–Crippen MR) is 109 cm³/mol. The summed E-state index contributed by atoms with van der Waals surface area (Å²) in [6, 6.07) is 8.09. The predicted octanol–water partition coefficient (Wildman–Crippen LogP) is 2.08. The summed E-state index contributed by atoms with van der Waals surface area (Å²) in [4.78, 5) is 18.8. The third-order valence-electron chi connectivity index (χ3n) is 6.64. The van der Waals surface area contributed by atoms with Crippen molar-refractivity contribution in [3.63, 3.8) is 0 Å². The maximum Gasteiger partial charge on any atom is 0.244 e. The Labute approximate surface area is 171 Å². The van der Waals surface area contributed by atoms with Gasteiger partial charge in [-0.05, 0) is 57.4 Å². The molecular formula is C22H28FN5O. The van der Waals surface area contributed by atoms with Gasteiger partial charge < -0.3 is 15.5 Å². The van der Waals surface area contributed by atoms with E-state index in [1.807, 2.05) is 18.9 Å². The molecule has 2 aliphatic heterocycles. The SMILES string of the molecule is C=C(C(N)CN(C)C1C[C@@H](C)N(c2cccc(F)c2)C1=O)N1C(C#N)C[C@@H]2CC21. The van der Waals surface area contributed by atoms with Gasteiger partial charge in [0.1, 0.15) is 11.9 Å². The first-order chi connectivity index (χ1) is 13.8. The van der Waals surface area contributed by atoms with E-state index in [9.17, 15) is 14.4 Å². The zero-order valence-corrected chi connectivity index (χ0v) is 17.0. The van der Waals surface area contributed by atoms with Crippen LogP contribution in [0.2, 0.25) is 0 Å². The molecule has 0 radical (unpaired) electrons. The summed E-state index contributed by atoms with van der Waals surface area (Å²) in [5, 5.41) is 9.42. The number of carbonyl (C=O) groups excluding carboxylic acids is 1. The second kappa shape index (κ2) is 7.43. The lowest BCUT2D eigenvalue weighted by molar-refractivity contribution is -0.121. The van der Waals surface area contributed by atoms with Crippen LogP contribution in [0.3, 0.4) is 0 Å². The molecule has 1 saturated carbocycles. The van der Waals surface area contributed by atoms with Crippen LogP contribution in [0, 0.1) is 23.1 Å². The van der Waals surface area contributed by atoms with E-state index in [1.165, 1.54) is 12.1 Å². The summed E-state index contributed by atoms with van der Waals surface area (Å²) < 4.78 is 13.6. The monoisotopic (exact) mass is 397 g/mol. The number of hydrogen-bond acceptors (Lipinski definition) is 5. The van der Waals surface area contributed by atoms with E-state index >= 15 is 0 Å². The summed E-state index contributed by atoms with van der Waals surface area (Å²) >= 11 is 0. The Balaban J connectivity index is 1.42. The van der Waals surface area contributed by atoms with Gasteiger partial charge in [0.15, 0.2) is 0 Å². The molecule has 2 N–H and O–H groups in total. The minimum absolute atomic E-state index is 0.0232. The fourth-order valence-electron chi connectivity index (χ4n) is 5.00. The number of nitriles is 1. The number of nitrogens with two attached hydrogens (primary N) is 1. The van der Waals surface area contributed by atoms with Gasteiger partial charge in [-0.3, -0.25) is 9.69 Å². The van der Waals surface area contributed by atoms with E-state index in [2.05, 4.69) is 17.5 Å². The number of hydrogen-bond donors (Lipinski definition) is 1. The molecule has 3 aliphatic rings. The average Bonchev–Trinajstić information content (AvgIpc) is 3.24. The number of halogens is 1. The lowest BCUT2D eigenvalue weighted by atomic mass is 10.1. The number of rotatable bonds is 6. The number of piperidine rings is 1. The van der Waals surface area contributed by atoms with Crippen molar-refractivity contribution in [3.8, 4) is 6.07 Å². The number of nitrogens with zero attached hydrogens (tertiary/aromatic N) is 4. The van der Waals surface area contributed by atoms with E-state index in [1.54, 1.807) is 17.0 Å². The molecule has 154 valence electrons. The Morgan fingerprint density at radius 2 is 2.21 bits per heavy atom. The van der Waals surface area contributed by atoms with Crippen LogP contribution in [0.5, 0.6) is 0 Å². The summed E-state index contributed by atoms with van der Waals surface area (Å²) in [5.41, 5.74) is 7.81. The Bertz CT molecular complexity index is 867. The lowest BCUT2D eigenvalue weighted by Crippen LogP contribution is -2.48. The third-order valence-corrected chi connectivity index (χ3v) is 6.64. The fraction of sp³-hybridized carbons (Fsp3) is 0.545. The average molecular weight is 397 g/mol. The van der Waals surface area contributed by atoms with Crippen molar-refractivity contribution in [1.29, 1.82) is 5.26 Å². The van der Waals surface area contributed by atoms with E-state index in [0.717, 1.165) is 18.5 Å². The largest absolute Gasteiger partial charge is 0.355 e. The van der Waals surface area contributed by atoms with Crippen LogP contribution in [-0.4, -0.2) is 59.5 Å². The van der Waals surface area contributed by atoms with Gasteiger partial charge in [-0.25, -0.2) is 4.39 Å². The molecule has 2 heterocycles. The van der Waals surface area contributed by atoms with Crippen LogP contribution in [0.1, 0.15) is 26.2 Å². The molecule has 6 atom stereocenters. The molecule has 4 rings (SSSR count). The number of likely N-dealkylation sites (N-methyl/N-ethyl adjacent to an activating group) is 1. The molecule has 0 bridgehead atoms. The van der Waals surface area contributed by atoms with Crippen molar-refractivity contribution in [2.75, 3.05) is 18.5 Å². The Morgan fingerprint density at radius 3 is 2.90 bits per heavy atom. The molecule has 29 heavy (non-hydrogen) atoms. The topological polar surface area (TPSA) is 76.6 Å². The van der Waals surface area contributed by atoms with Crippen LogP contribution >= 0.6 is 0 Å². The normalized spacial score (nSPS) is 31.7. The van der Waals surface area contributed by atoms with Gasteiger partial charge in [-0.1, -0.05) is 12.6 Å². The highest BCUT2D eigenvalue weighted by atomic mass is 19.1. The summed E-state index contributed by atoms with van der Waals surface area (Å²) in [6.07, 6.45) is 2.66. The highest BCUT2D eigenvalue weighted by Gasteiger charge is 2.53. The van der Waals surface area contributed by atoms with Gasteiger partial charge >= 0.3 is 0 Å². The van der Waals surface area contributed by atoms with Crippen LogP contribution in [0.25, 0.3) is 0 Å². The summed E-state index contributed by atoms with van der Waals surface area (Å²) in [7, 11) is 1.89. The molecular weight excluding hydrogens is 369 g/mol. The second-order valence-corrected chi connectivity index (χ2v) is 8.68. The molecule has 7 heteroatoms. The first kappa shape index (κ1) is 19.9. The number of anilines is 1. The third kappa shape index (κ3) is 3.52. The van der Waals surface area contributed by atoms with E-state index in [4.69, 9.17) is 5.73 Å². The number of likely N-dealkylation sites (tertiary alicyclic amines) is 1. The number of carbonyl (C=O) groups is 1. The minimum atomic E-state index is -0.353. The van der Waals surface area contributed by atoms with Gasteiger partial charge in [0.05, 0.1) is 18.2 Å². The van der Waals surface area contributed by atoms with E-state index in [0.29, 0.717) is 30.6 Å². The molecule has 3 fully saturated rings. The Kier molecular flexibility index (Phi) is 5.09. The standard InChI is InChI=1S/C22H28FN5O/c1-13-7-21(22(29)27(13)17-6-4-5-16(23)10-17)26(3)12-19(25)14(2)28-18(11-24)8-15-9-20(15)28/h4-6,10,13,15,18-21H,2,7-9,12,25H2,1,3H3/t13-,15-,18?,19?,20?,21?/m1/s1. The molecule has 2 saturated heterocycles. The first-order valence-corrected chi connectivity index (χ1v) is 10.2. The van der Waals surface area contributed by atoms with E-state index in [-0.39, 0.29) is 35.9 Å². The van der Waals surface area contributed by atoms with Crippen molar-refractivity contribution in [3.05, 3.63) is 42.4 Å². The zero-order valence-electron chi connectivity index (χ0n) is 17.0. The smallest absolute Gasteiger partial charge is 0.244 e. The van der Waals surface area contributed by atoms with Crippen molar-refractivity contribution in [1.82, 2.24) is 9.80 Å².